The molecule has 3 N–H and O–H groups in total. The molecular formula is C25H29ClN4O2. The number of carbonyl (C=O) groups excluding carboxylic acids is 1. The van der Waals surface area contributed by atoms with E-state index in [1.807, 2.05) is 42.5 Å². The third-order valence-corrected chi connectivity index (χ3v) is 6.05. The van der Waals surface area contributed by atoms with Gasteiger partial charge in [0.05, 0.1) is 12.3 Å². The van der Waals surface area contributed by atoms with Crippen molar-refractivity contribution in [2.75, 3.05) is 31.6 Å². The standard InChI is InChI=1S/C25H29ClN4O2/c26-20-4-3-5-21(14-20)28-23-10-12-30(17-19(23)16-27)11-1-2-13-32-22-8-6-18-7-9-25(31)29-24(18)15-22/h3-6,8,14-16H,1-2,7,9-13,17,27H2,(H,29,31). The van der Waals surface area contributed by atoms with Crippen LogP contribution in [0.2, 0.25) is 5.02 Å². The fraction of sp³-hybridized carbons (Fsp3) is 0.360. The summed E-state index contributed by atoms with van der Waals surface area (Å²) in [6, 6.07) is 13.5. The van der Waals surface area contributed by atoms with Crippen LogP contribution in [0.3, 0.4) is 0 Å². The molecule has 2 heterocycles. The van der Waals surface area contributed by atoms with E-state index in [1.165, 1.54) is 5.56 Å². The summed E-state index contributed by atoms with van der Waals surface area (Å²) in [6.45, 7) is 3.41. The number of hydrogen-bond acceptors (Lipinski definition) is 5. The van der Waals surface area contributed by atoms with Gasteiger partial charge in [-0.1, -0.05) is 23.7 Å². The molecule has 2 aromatic carbocycles. The summed E-state index contributed by atoms with van der Waals surface area (Å²) in [5, 5.41) is 3.60. The van der Waals surface area contributed by atoms with E-state index in [0.717, 1.165) is 73.7 Å². The summed E-state index contributed by atoms with van der Waals surface area (Å²) in [6.07, 6.45) is 5.90. The zero-order chi connectivity index (χ0) is 22.3. The molecule has 0 saturated carbocycles. The van der Waals surface area contributed by atoms with Crippen LogP contribution in [-0.4, -0.2) is 42.8 Å². The highest BCUT2D eigenvalue weighted by molar-refractivity contribution is 6.30. The van der Waals surface area contributed by atoms with Gasteiger partial charge in [-0.25, -0.2) is 0 Å². The van der Waals surface area contributed by atoms with Crippen molar-refractivity contribution >= 4 is 34.6 Å². The molecule has 1 fully saturated rings. The number of ether oxygens (including phenoxy) is 1. The lowest BCUT2D eigenvalue weighted by atomic mass is 10.0. The first-order valence-corrected chi connectivity index (χ1v) is 11.5. The molecule has 1 saturated heterocycles. The number of fused-ring (bicyclic) bond motifs is 1. The highest BCUT2D eigenvalue weighted by Crippen LogP contribution is 2.27. The molecule has 0 radical (unpaired) electrons. The van der Waals surface area contributed by atoms with Gasteiger partial charge in [-0.2, -0.15) is 0 Å². The Morgan fingerprint density at radius 3 is 2.91 bits per heavy atom. The third kappa shape index (κ3) is 5.90. The van der Waals surface area contributed by atoms with Crippen molar-refractivity contribution in [3.8, 4) is 5.75 Å². The van der Waals surface area contributed by atoms with Gasteiger partial charge >= 0.3 is 0 Å². The maximum atomic E-state index is 11.6. The predicted molar refractivity (Wildman–Crippen MR) is 130 cm³/mol. The number of unbranched alkanes of at least 4 members (excludes halogenated alkanes) is 1. The molecule has 168 valence electrons. The number of aliphatic imine (C=N–C) groups is 1. The van der Waals surface area contributed by atoms with E-state index in [4.69, 9.17) is 27.1 Å². The molecule has 32 heavy (non-hydrogen) atoms. The fourth-order valence-corrected chi connectivity index (χ4v) is 4.26. The van der Waals surface area contributed by atoms with Crippen molar-refractivity contribution in [3.05, 3.63) is 64.8 Å². The summed E-state index contributed by atoms with van der Waals surface area (Å²) >= 11 is 6.07. The molecule has 2 aliphatic heterocycles. The Kier molecular flexibility index (Phi) is 7.45. The molecule has 0 spiro atoms. The van der Waals surface area contributed by atoms with Gasteiger partial charge in [0.2, 0.25) is 5.91 Å². The maximum Gasteiger partial charge on any atom is 0.224 e. The number of carbonyl (C=O) groups is 1. The minimum atomic E-state index is 0.0721. The molecular weight excluding hydrogens is 424 g/mol. The van der Waals surface area contributed by atoms with Crippen LogP contribution in [0.4, 0.5) is 11.4 Å². The lowest BCUT2D eigenvalue weighted by Gasteiger charge is -2.29. The molecule has 1 amide bonds. The number of halogens is 1. The summed E-state index contributed by atoms with van der Waals surface area (Å²) in [5.74, 6) is 0.877. The monoisotopic (exact) mass is 452 g/mol. The number of piperidine rings is 1. The second-order valence-corrected chi connectivity index (χ2v) is 8.62. The molecule has 4 rings (SSSR count). The second kappa shape index (κ2) is 10.7. The van der Waals surface area contributed by atoms with Gasteiger partial charge in [0, 0.05) is 60.2 Å². The van der Waals surface area contributed by atoms with Crippen LogP contribution in [0.1, 0.15) is 31.2 Å². The van der Waals surface area contributed by atoms with Gasteiger partial charge in [-0.05, 0) is 55.6 Å². The Morgan fingerprint density at radius 1 is 1.16 bits per heavy atom. The minimum Gasteiger partial charge on any atom is -0.494 e. The van der Waals surface area contributed by atoms with Crippen molar-refractivity contribution < 1.29 is 9.53 Å². The topological polar surface area (TPSA) is 80.0 Å². The van der Waals surface area contributed by atoms with Gasteiger partial charge in [0.15, 0.2) is 0 Å². The zero-order valence-corrected chi connectivity index (χ0v) is 18.9. The number of anilines is 1. The summed E-state index contributed by atoms with van der Waals surface area (Å²) in [5.41, 5.74) is 10.9. The Hall–Kier alpha value is -2.83. The zero-order valence-electron chi connectivity index (χ0n) is 18.1. The molecule has 0 atom stereocenters. The van der Waals surface area contributed by atoms with E-state index in [-0.39, 0.29) is 5.91 Å². The van der Waals surface area contributed by atoms with Crippen molar-refractivity contribution in [1.82, 2.24) is 4.90 Å². The first-order valence-electron chi connectivity index (χ1n) is 11.1. The van der Waals surface area contributed by atoms with Gasteiger partial charge in [-0.15, -0.1) is 0 Å². The third-order valence-electron chi connectivity index (χ3n) is 5.82. The Balaban J connectivity index is 1.21. The van der Waals surface area contributed by atoms with Crippen LogP contribution in [0.5, 0.6) is 5.75 Å². The highest BCUT2D eigenvalue weighted by Gasteiger charge is 2.19. The molecule has 0 aliphatic carbocycles. The van der Waals surface area contributed by atoms with Gasteiger partial charge in [0.1, 0.15) is 5.75 Å². The van der Waals surface area contributed by atoms with Crippen LogP contribution in [0, 0.1) is 0 Å². The van der Waals surface area contributed by atoms with E-state index in [1.54, 1.807) is 6.20 Å². The number of nitrogens with two attached hydrogens (primary N) is 1. The number of benzene rings is 2. The van der Waals surface area contributed by atoms with E-state index < -0.39 is 0 Å². The summed E-state index contributed by atoms with van der Waals surface area (Å²) in [4.78, 5) is 18.7. The highest BCUT2D eigenvalue weighted by atomic mass is 35.5. The molecule has 7 heteroatoms. The molecule has 0 aromatic heterocycles. The summed E-state index contributed by atoms with van der Waals surface area (Å²) < 4.78 is 5.90. The van der Waals surface area contributed by atoms with Crippen molar-refractivity contribution in [2.45, 2.75) is 32.1 Å². The quantitative estimate of drug-likeness (QED) is 0.596. The normalized spacial score (nSPS) is 19.1. The van der Waals surface area contributed by atoms with E-state index >= 15 is 0 Å². The molecule has 6 nitrogen and oxygen atoms in total. The van der Waals surface area contributed by atoms with Crippen molar-refractivity contribution in [2.24, 2.45) is 10.7 Å². The smallest absolute Gasteiger partial charge is 0.224 e. The van der Waals surface area contributed by atoms with E-state index in [2.05, 4.69) is 10.2 Å². The van der Waals surface area contributed by atoms with Crippen LogP contribution < -0.4 is 15.8 Å². The van der Waals surface area contributed by atoms with Gasteiger partial charge in [-0.3, -0.25) is 14.7 Å². The minimum absolute atomic E-state index is 0.0721. The fourth-order valence-electron chi connectivity index (χ4n) is 4.07. The predicted octanol–water partition coefficient (Wildman–Crippen LogP) is 4.70. The molecule has 0 unspecified atom stereocenters. The average Bonchev–Trinajstić information content (AvgIpc) is 2.79. The van der Waals surface area contributed by atoms with Crippen LogP contribution in [0.15, 0.2) is 59.2 Å². The number of nitrogens with one attached hydrogen (secondary N) is 1. The number of hydrogen-bond donors (Lipinski definition) is 2. The second-order valence-electron chi connectivity index (χ2n) is 8.18. The SMILES string of the molecule is NC=C1CN(CCCCOc2ccc3c(c2)NC(=O)CC3)CCC1=Nc1cccc(Cl)c1. The Labute approximate surface area is 194 Å². The molecule has 2 aliphatic rings. The first-order chi connectivity index (χ1) is 15.6. The number of likely N-dealkylation sites (tertiary alicyclic amines) is 1. The van der Waals surface area contributed by atoms with Gasteiger partial charge < -0.3 is 15.8 Å². The van der Waals surface area contributed by atoms with Crippen molar-refractivity contribution in [1.29, 1.82) is 0 Å². The van der Waals surface area contributed by atoms with Crippen molar-refractivity contribution in [3.63, 3.8) is 0 Å². The van der Waals surface area contributed by atoms with Crippen LogP contribution in [-0.2, 0) is 11.2 Å². The Bertz CT molecular complexity index is 1030. The van der Waals surface area contributed by atoms with Crippen LogP contribution >= 0.6 is 11.6 Å². The van der Waals surface area contributed by atoms with E-state index in [9.17, 15) is 4.79 Å². The Morgan fingerprint density at radius 2 is 2.06 bits per heavy atom. The lowest BCUT2D eigenvalue weighted by molar-refractivity contribution is -0.116. The van der Waals surface area contributed by atoms with Crippen LogP contribution in [0.25, 0.3) is 0 Å². The average molecular weight is 453 g/mol. The first kappa shape index (κ1) is 22.4. The number of amides is 1. The lowest BCUT2D eigenvalue weighted by Crippen LogP contribution is -2.37. The maximum absolute atomic E-state index is 11.6. The largest absolute Gasteiger partial charge is 0.494 e. The number of rotatable bonds is 7. The number of aryl methyl sites for hydroxylation is 1. The summed E-state index contributed by atoms with van der Waals surface area (Å²) in [7, 11) is 0. The molecule has 2 aromatic rings. The van der Waals surface area contributed by atoms with Gasteiger partial charge in [0.25, 0.3) is 0 Å². The molecule has 0 bridgehead atoms. The van der Waals surface area contributed by atoms with E-state index in [0.29, 0.717) is 18.1 Å². The number of nitrogens with zero attached hydrogens (tertiary/aromatic N) is 2.